The van der Waals surface area contributed by atoms with Gasteiger partial charge in [-0.1, -0.05) is 30.3 Å². The van der Waals surface area contributed by atoms with Crippen LogP contribution < -0.4 is 10.1 Å². The molecule has 1 saturated heterocycles. The van der Waals surface area contributed by atoms with E-state index in [1.807, 2.05) is 37.3 Å². The quantitative estimate of drug-likeness (QED) is 0.545. The third-order valence-corrected chi connectivity index (χ3v) is 5.73. The van der Waals surface area contributed by atoms with E-state index in [0.29, 0.717) is 25.3 Å². The molecule has 0 aliphatic carbocycles. The Hall–Kier alpha value is -3.19. The van der Waals surface area contributed by atoms with Crippen molar-refractivity contribution in [1.82, 2.24) is 20.0 Å². The summed E-state index contributed by atoms with van der Waals surface area (Å²) in [5, 5.41) is 7.64. The van der Waals surface area contributed by atoms with Gasteiger partial charge in [0.25, 0.3) is 0 Å². The second-order valence-electron chi connectivity index (χ2n) is 8.05. The van der Waals surface area contributed by atoms with Crippen LogP contribution in [0.15, 0.2) is 54.6 Å². The van der Waals surface area contributed by atoms with Gasteiger partial charge in [0.2, 0.25) is 11.8 Å². The second-order valence-corrected chi connectivity index (χ2v) is 8.05. The molecule has 2 heterocycles. The number of aromatic nitrogens is 2. The molecule has 1 N–H and O–H groups in total. The molecule has 32 heavy (non-hydrogen) atoms. The Balaban J connectivity index is 1.49. The first kappa shape index (κ1) is 22.0. The van der Waals surface area contributed by atoms with Gasteiger partial charge in [-0.05, 0) is 63.5 Å². The highest BCUT2D eigenvalue weighted by atomic mass is 19.1. The van der Waals surface area contributed by atoms with E-state index in [0.717, 1.165) is 36.6 Å². The first-order valence-corrected chi connectivity index (χ1v) is 11.2. The Morgan fingerprint density at radius 2 is 1.81 bits per heavy atom. The lowest BCUT2D eigenvalue weighted by atomic mass is 10.1. The van der Waals surface area contributed by atoms with Crippen LogP contribution in [0.4, 0.5) is 4.39 Å². The highest BCUT2D eigenvalue weighted by Crippen LogP contribution is 2.32. The minimum absolute atomic E-state index is 0.00657. The highest BCUT2D eigenvalue weighted by molar-refractivity contribution is 5.76. The van der Waals surface area contributed by atoms with E-state index in [2.05, 4.69) is 15.3 Å². The smallest absolute Gasteiger partial charge is 0.226 e. The molecule has 2 aromatic carbocycles. The summed E-state index contributed by atoms with van der Waals surface area (Å²) in [5.41, 5.74) is 2.36. The minimum atomic E-state index is -0.448. The second kappa shape index (κ2) is 10.4. The molecular formula is C25H29FN4O2. The van der Waals surface area contributed by atoms with Gasteiger partial charge in [0.1, 0.15) is 0 Å². The molecule has 0 bridgehead atoms. The van der Waals surface area contributed by atoms with Gasteiger partial charge in [-0.15, -0.1) is 0 Å². The molecule has 168 valence electrons. The SMILES string of the molecule is Cc1nn(-c2ccccc2)c(Oc2ccccc2F)c1CCC(=O)NCCN1CCCC1. The molecule has 0 saturated carbocycles. The Morgan fingerprint density at radius 3 is 2.56 bits per heavy atom. The third kappa shape index (κ3) is 5.34. The van der Waals surface area contributed by atoms with E-state index in [9.17, 15) is 9.18 Å². The number of amides is 1. The van der Waals surface area contributed by atoms with Gasteiger partial charge in [-0.3, -0.25) is 4.79 Å². The molecule has 1 fully saturated rings. The third-order valence-electron chi connectivity index (χ3n) is 5.73. The molecule has 1 aliphatic rings. The van der Waals surface area contributed by atoms with E-state index in [1.54, 1.807) is 22.9 Å². The molecule has 0 unspecified atom stereocenters. The van der Waals surface area contributed by atoms with Gasteiger partial charge in [0, 0.05) is 25.1 Å². The monoisotopic (exact) mass is 436 g/mol. The molecule has 4 rings (SSSR count). The van der Waals surface area contributed by atoms with Crippen LogP contribution in [0.25, 0.3) is 5.69 Å². The zero-order valence-corrected chi connectivity index (χ0v) is 18.4. The number of carbonyl (C=O) groups is 1. The standard InChI is InChI=1S/C25H29FN4O2/c1-19-21(13-14-24(31)27-15-18-29-16-7-8-17-29)25(32-23-12-6-5-11-22(23)26)30(28-19)20-9-3-2-4-10-20/h2-6,9-12H,7-8,13-18H2,1H3,(H,27,31). The molecular weight excluding hydrogens is 407 g/mol. The summed E-state index contributed by atoms with van der Waals surface area (Å²) in [6.07, 6.45) is 3.25. The van der Waals surface area contributed by atoms with Crippen molar-refractivity contribution in [1.29, 1.82) is 0 Å². The van der Waals surface area contributed by atoms with E-state index in [1.165, 1.54) is 18.9 Å². The predicted octanol–water partition coefficient (Wildman–Crippen LogP) is 4.26. The lowest BCUT2D eigenvalue weighted by Gasteiger charge is -2.15. The fourth-order valence-electron chi connectivity index (χ4n) is 3.99. The molecule has 6 nitrogen and oxygen atoms in total. The minimum Gasteiger partial charge on any atom is -0.436 e. The number of para-hydroxylation sites is 2. The highest BCUT2D eigenvalue weighted by Gasteiger charge is 2.21. The zero-order valence-electron chi connectivity index (χ0n) is 18.4. The summed E-state index contributed by atoms with van der Waals surface area (Å²) in [4.78, 5) is 14.8. The van der Waals surface area contributed by atoms with E-state index in [-0.39, 0.29) is 11.7 Å². The average Bonchev–Trinajstić information content (AvgIpc) is 3.42. The summed E-state index contributed by atoms with van der Waals surface area (Å²) in [6, 6.07) is 15.9. The number of ether oxygens (including phenoxy) is 1. The lowest BCUT2D eigenvalue weighted by Crippen LogP contribution is -2.33. The first-order valence-electron chi connectivity index (χ1n) is 11.2. The fraction of sp³-hybridized carbons (Fsp3) is 0.360. The Labute approximate surface area is 188 Å². The molecule has 1 amide bonds. The average molecular weight is 437 g/mol. The van der Waals surface area contributed by atoms with Crippen molar-refractivity contribution in [2.75, 3.05) is 26.2 Å². The van der Waals surface area contributed by atoms with Crippen LogP contribution >= 0.6 is 0 Å². The van der Waals surface area contributed by atoms with Crippen molar-refractivity contribution in [3.63, 3.8) is 0 Å². The van der Waals surface area contributed by atoms with Crippen molar-refractivity contribution in [2.24, 2.45) is 0 Å². The van der Waals surface area contributed by atoms with Gasteiger partial charge in [-0.2, -0.15) is 5.10 Å². The number of nitrogens with one attached hydrogen (secondary N) is 1. The van der Waals surface area contributed by atoms with Gasteiger partial charge in [0.15, 0.2) is 11.6 Å². The van der Waals surface area contributed by atoms with Crippen LogP contribution in [-0.4, -0.2) is 46.8 Å². The van der Waals surface area contributed by atoms with Gasteiger partial charge >= 0.3 is 0 Å². The van der Waals surface area contributed by atoms with Crippen LogP contribution in [0.1, 0.15) is 30.5 Å². The number of likely N-dealkylation sites (tertiary alicyclic amines) is 1. The van der Waals surface area contributed by atoms with Crippen molar-refractivity contribution in [3.8, 4) is 17.3 Å². The number of rotatable bonds is 9. The van der Waals surface area contributed by atoms with Crippen LogP contribution in [0, 0.1) is 12.7 Å². The maximum atomic E-state index is 14.3. The van der Waals surface area contributed by atoms with Crippen LogP contribution in [-0.2, 0) is 11.2 Å². The molecule has 7 heteroatoms. The molecule has 0 radical (unpaired) electrons. The summed E-state index contributed by atoms with van der Waals surface area (Å²) in [5.74, 6) is 0.106. The van der Waals surface area contributed by atoms with Gasteiger partial charge < -0.3 is 15.0 Å². The van der Waals surface area contributed by atoms with Crippen molar-refractivity contribution in [3.05, 3.63) is 71.7 Å². The molecule has 0 spiro atoms. The number of halogens is 1. The van der Waals surface area contributed by atoms with Gasteiger partial charge in [-0.25, -0.2) is 9.07 Å². The van der Waals surface area contributed by atoms with E-state index >= 15 is 0 Å². The Bertz CT molecular complexity index is 1050. The number of hydrogen-bond acceptors (Lipinski definition) is 4. The van der Waals surface area contributed by atoms with E-state index < -0.39 is 5.82 Å². The number of aryl methyl sites for hydroxylation is 1. The lowest BCUT2D eigenvalue weighted by molar-refractivity contribution is -0.121. The van der Waals surface area contributed by atoms with Gasteiger partial charge in [0.05, 0.1) is 11.4 Å². The normalized spacial score (nSPS) is 13.9. The maximum absolute atomic E-state index is 14.3. The maximum Gasteiger partial charge on any atom is 0.226 e. The Morgan fingerprint density at radius 1 is 1.09 bits per heavy atom. The van der Waals surface area contributed by atoms with Crippen molar-refractivity contribution < 1.29 is 13.9 Å². The largest absolute Gasteiger partial charge is 0.436 e. The number of hydrogen-bond donors (Lipinski definition) is 1. The first-order chi connectivity index (χ1) is 15.6. The number of nitrogens with zero attached hydrogens (tertiary/aromatic N) is 3. The molecule has 0 atom stereocenters. The zero-order chi connectivity index (χ0) is 22.3. The summed E-state index contributed by atoms with van der Waals surface area (Å²) in [7, 11) is 0. The Kier molecular flexibility index (Phi) is 7.17. The fourth-order valence-corrected chi connectivity index (χ4v) is 3.99. The van der Waals surface area contributed by atoms with E-state index in [4.69, 9.17) is 4.74 Å². The molecule has 1 aromatic heterocycles. The topological polar surface area (TPSA) is 59.4 Å². The van der Waals surface area contributed by atoms with Crippen molar-refractivity contribution >= 4 is 5.91 Å². The van der Waals surface area contributed by atoms with Crippen LogP contribution in [0.2, 0.25) is 0 Å². The van der Waals surface area contributed by atoms with Crippen molar-refractivity contribution in [2.45, 2.75) is 32.6 Å². The number of benzene rings is 2. The predicted molar refractivity (Wildman–Crippen MR) is 122 cm³/mol. The summed E-state index contributed by atoms with van der Waals surface area (Å²) in [6.45, 7) is 5.65. The summed E-state index contributed by atoms with van der Waals surface area (Å²) >= 11 is 0. The summed E-state index contributed by atoms with van der Waals surface area (Å²) < 4.78 is 22.0. The van der Waals surface area contributed by atoms with Crippen LogP contribution in [0.5, 0.6) is 11.6 Å². The molecule has 3 aromatic rings. The van der Waals surface area contributed by atoms with Crippen LogP contribution in [0.3, 0.4) is 0 Å². The molecule has 1 aliphatic heterocycles. The number of carbonyl (C=O) groups excluding carboxylic acids is 1.